The van der Waals surface area contributed by atoms with Gasteiger partial charge in [-0.2, -0.15) is 4.74 Å². The normalized spacial score (nSPS) is 13.3. The molecule has 22 heavy (non-hydrogen) atoms. The summed E-state index contributed by atoms with van der Waals surface area (Å²) in [5.74, 6) is 0.939. The summed E-state index contributed by atoms with van der Waals surface area (Å²) < 4.78 is 11.0. The van der Waals surface area contributed by atoms with Gasteiger partial charge in [-0.1, -0.05) is 0 Å². The van der Waals surface area contributed by atoms with Crippen LogP contribution in [-0.2, 0) is 0 Å². The molecule has 112 valence electrons. The standard InChI is InChI=1S/C17H15NO4/c1-10-8-11(21-2)4-6-13(10)16-17(19)14-9-12(22-3)5-7-15(14)18(16)20/h4-9H,1-3H3. The van der Waals surface area contributed by atoms with Crippen LogP contribution in [0.1, 0.15) is 21.5 Å². The van der Waals surface area contributed by atoms with E-state index >= 15 is 0 Å². The molecular weight excluding hydrogens is 282 g/mol. The van der Waals surface area contributed by atoms with E-state index in [1.807, 2.05) is 6.92 Å². The van der Waals surface area contributed by atoms with Gasteiger partial charge in [0.05, 0.1) is 19.8 Å². The first kappa shape index (κ1) is 14.1. The lowest BCUT2D eigenvalue weighted by atomic mass is 9.99. The molecule has 0 saturated carbocycles. The lowest BCUT2D eigenvalue weighted by Crippen LogP contribution is -2.17. The van der Waals surface area contributed by atoms with Gasteiger partial charge in [-0.05, 0) is 42.8 Å². The molecule has 0 aliphatic carbocycles. The molecule has 0 N–H and O–H groups in total. The number of rotatable bonds is 3. The van der Waals surface area contributed by atoms with E-state index in [0.717, 1.165) is 5.56 Å². The van der Waals surface area contributed by atoms with Gasteiger partial charge in [0.15, 0.2) is 0 Å². The van der Waals surface area contributed by atoms with Gasteiger partial charge in [-0.3, -0.25) is 4.79 Å². The predicted octanol–water partition coefficient (Wildman–Crippen LogP) is 2.84. The third-order valence-electron chi connectivity index (χ3n) is 3.77. The van der Waals surface area contributed by atoms with Gasteiger partial charge < -0.3 is 14.7 Å². The molecule has 5 heteroatoms. The van der Waals surface area contributed by atoms with Crippen LogP contribution in [0.3, 0.4) is 0 Å². The number of fused-ring (bicyclic) bond motifs is 1. The molecule has 0 radical (unpaired) electrons. The first-order valence-electron chi connectivity index (χ1n) is 6.78. The second kappa shape index (κ2) is 5.18. The summed E-state index contributed by atoms with van der Waals surface area (Å²) in [5, 5.41) is 12.5. The maximum atomic E-state index is 12.6. The topological polar surface area (TPSA) is 61.6 Å². The van der Waals surface area contributed by atoms with Crippen molar-refractivity contribution in [2.75, 3.05) is 14.2 Å². The third-order valence-corrected chi connectivity index (χ3v) is 3.77. The molecule has 0 atom stereocenters. The van der Waals surface area contributed by atoms with Crippen LogP contribution < -0.4 is 9.47 Å². The average Bonchev–Trinajstić information content (AvgIpc) is 2.78. The molecule has 2 aromatic rings. The monoisotopic (exact) mass is 297 g/mol. The molecule has 0 aromatic heterocycles. The van der Waals surface area contributed by atoms with E-state index < -0.39 is 0 Å². The van der Waals surface area contributed by atoms with Crippen molar-refractivity contribution in [1.29, 1.82) is 0 Å². The lowest BCUT2D eigenvalue weighted by molar-refractivity contribution is -0.355. The quantitative estimate of drug-likeness (QED) is 0.645. The van der Waals surface area contributed by atoms with Crippen molar-refractivity contribution < 1.29 is 19.0 Å². The Balaban J connectivity index is 2.13. The number of nitrogens with zero attached hydrogens (tertiary/aromatic N) is 1. The van der Waals surface area contributed by atoms with Crippen molar-refractivity contribution in [1.82, 2.24) is 0 Å². The van der Waals surface area contributed by atoms with E-state index in [9.17, 15) is 10.0 Å². The first-order valence-corrected chi connectivity index (χ1v) is 6.78. The fraction of sp³-hybridized carbons (Fsp3) is 0.176. The molecule has 0 saturated heterocycles. The minimum atomic E-state index is -0.294. The van der Waals surface area contributed by atoms with Crippen molar-refractivity contribution in [3.63, 3.8) is 0 Å². The summed E-state index contributed by atoms with van der Waals surface area (Å²) in [7, 11) is 3.10. The molecule has 3 rings (SSSR count). The van der Waals surface area contributed by atoms with Crippen LogP contribution in [0.4, 0.5) is 5.69 Å². The maximum absolute atomic E-state index is 12.6. The van der Waals surface area contributed by atoms with Crippen molar-refractivity contribution in [3.05, 3.63) is 58.3 Å². The summed E-state index contributed by atoms with van der Waals surface area (Å²) in [5.41, 5.74) is 2.25. The van der Waals surface area contributed by atoms with E-state index in [1.54, 1.807) is 43.5 Å². The van der Waals surface area contributed by atoms with Crippen molar-refractivity contribution in [2.45, 2.75) is 6.92 Å². The molecule has 0 fully saturated rings. The number of hydrogen-bond donors (Lipinski definition) is 0. The zero-order valence-electron chi connectivity index (χ0n) is 12.5. The van der Waals surface area contributed by atoms with Gasteiger partial charge in [0.2, 0.25) is 5.69 Å². The number of benzene rings is 2. The zero-order valence-corrected chi connectivity index (χ0v) is 12.5. The Kier molecular flexibility index (Phi) is 3.33. The number of methoxy groups -OCH3 is 2. The smallest absolute Gasteiger partial charge is 0.273 e. The van der Waals surface area contributed by atoms with E-state index in [-0.39, 0.29) is 11.5 Å². The van der Waals surface area contributed by atoms with Crippen molar-refractivity contribution >= 4 is 17.2 Å². The summed E-state index contributed by atoms with van der Waals surface area (Å²) in [6, 6.07) is 10.1. The number of ketones is 1. The predicted molar refractivity (Wildman–Crippen MR) is 82.5 cm³/mol. The van der Waals surface area contributed by atoms with Gasteiger partial charge in [0.1, 0.15) is 17.1 Å². The highest BCUT2D eigenvalue weighted by Crippen LogP contribution is 2.32. The van der Waals surface area contributed by atoms with Crippen LogP contribution in [0.5, 0.6) is 11.5 Å². The first-order chi connectivity index (χ1) is 10.6. The van der Waals surface area contributed by atoms with E-state index in [1.165, 1.54) is 7.11 Å². The number of aryl methyl sites for hydroxylation is 1. The molecular formula is C17H15NO4. The molecule has 0 amide bonds. The molecule has 1 heterocycles. The Morgan fingerprint density at radius 1 is 0.955 bits per heavy atom. The van der Waals surface area contributed by atoms with E-state index in [4.69, 9.17) is 9.47 Å². The summed E-state index contributed by atoms with van der Waals surface area (Å²) in [6.07, 6.45) is 0. The molecule has 0 bridgehead atoms. The maximum Gasteiger partial charge on any atom is 0.273 e. The molecule has 0 unspecified atom stereocenters. The summed E-state index contributed by atoms with van der Waals surface area (Å²) >= 11 is 0. The van der Waals surface area contributed by atoms with Crippen LogP contribution in [-0.4, -0.2) is 30.5 Å². The van der Waals surface area contributed by atoms with Crippen LogP contribution in [0.2, 0.25) is 0 Å². The number of Topliss-reactive ketones (excluding diaryl/α,β-unsaturated/α-hetero) is 1. The minimum absolute atomic E-state index is 0.128. The highest BCUT2D eigenvalue weighted by molar-refractivity contribution is 6.52. The highest BCUT2D eigenvalue weighted by Gasteiger charge is 2.37. The molecule has 2 aromatic carbocycles. The Hall–Kier alpha value is -2.82. The minimum Gasteiger partial charge on any atom is -0.618 e. The largest absolute Gasteiger partial charge is 0.618 e. The fourth-order valence-corrected chi connectivity index (χ4v) is 2.60. The molecule has 5 nitrogen and oxygen atoms in total. The Bertz CT molecular complexity index is 808. The SMILES string of the molecule is COc1ccc(C2=[N+]([O-])c3ccc(OC)cc3C2=O)c(C)c1. The van der Waals surface area contributed by atoms with E-state index in [0.29, 0.717) is 33.1 Å². The van der Waals surface area contributed by atoms with Gasteiger partial charge in [-0.15, -0.1) is 0 Å². The number of hydrogen-bond acceptors (Lipinski definition) is 4. The van der Waals surface area contributed by atoms with Gasteiger partial charge in [0, 0.05) is 6.07 Å². The van der Waals surface area contributed by atoms with Crippen molar-refractivity contribution in [3.8, 4) is 11.5 Å². The second-order valence-electron chi connectivity index (χ2n) is 5.04. The van der Waals surface area contributed by atoms with Crippen LogP contribution in [0.15, 0.2) is 36.4 Å². The third kappa shape index (κ3) is 2.02. The zero-order chi connectivity index (χ0) is 15.9. The highest BCUT2D eigenvalue weighted by atomic mass is 16.5. The molecule has 1 aliphatic rings. The van der Waals surface area contributed by atoms with Crippen LogP contribution in [0, 0.1) is 12.1 Å². The van der Waals surface area contributed by atoms with Crippen molar-refractivity contribution in [2.24, 2.45) is 0 Å². The number of carbonyl (C=O) groups is 1. The van der Waals surface area contributed by atoms with Gasteiger partial charge in [-0.25, -0.2) is 0 Å². The number of carbonyl (C=O) groups excluding carboxylic acids is 1. The number of ether oxygens (including phenoxy) is 2. The molecule has 1 aliphatic heterocycles. The lowest BCUT2D eigenvalue weighted by Gasteiger charge is -2.07. The fourth-order valence-electron chi connectivity index (χ4n) is 2.60. The van der Waals surface area contributed by atoms with Crippen LogP contribution in [0.25, 0.3) is 0 Å². The summed E-state index contributed by atoms with van der Waals surface area (Å²) in [4.78, 5) is 12.6. The Morgan fingerprint density at radius 3 is 2.23 bits per heavy atom. The second-order valence-corrected chi connectivity index (χ2v) is 5.04. The molecule has 0 spiro atoms. The van der Waals surface area contributed by atoms with Crippen LogP contribution >= 0.6 is 0 Å². The Labute approximate surface area is 128 Å². The summed E-state index contributed by atoms with van der Waals surface area (Å²) in [6.45, 7) is 1.84. The Morgan fingerprint density at radius 2 is 1.59 bits per heavy atom. The van der Waals surface area contributed by atoms with Gasteiger partial charge in [0.25, 0.3) is 11.5 Å². The van der Waals surface area contributed by atoms with Gasteiger partial charge >= 0.3 is 0 Å². The average molecular weight is 297 g/mol. The van der Waals surface area contributed by atoms with E-state index in [2.05, 4.69) is 0 Å².